The first kappa shape index (κ1) is 18.9. The van der Waals surface area contributed by atoms with Crippen molar-refractivity contribution in [1.82, 2.24) is 15.1 Å². The highest BCUT2D eigenvalue weighted by atomic mass is 16.5. The summed E-state index contributed by atoms with van der Waals surface area (Å²) in [6, 6.07) is 8.80. The molecule has 1 amide bonds. The van der Waals surface area contributed by atoms with E-state index in [1.807, 2.05) is 6.92 Å². The maximum atomic E-state index is 12.2. The standard InChI is InChI=1S/C20H25N3O4/c1-3-26-16-7-9-17(10-8-16)27-14(2)20(25)21-11-12-23-19(24)13-15-5-4-6-18(15)22-23/h7-10,13-14H,3-6,11-12H2,1-2H3,(H,21,25). The van der Waals surface area contributed by atoms with Gasteiger partial charge in [-0.3, -0.25) is 9.59 Å². The van der Waals surface area contributed by atoms with Gasteiger partial charge in [0.05, 0.1) is 18.8 Å². The summed E-state index contributed by atoms with van der Waals surface area (Å²) in [5, 5.41) is 7.18. The summed E-state index contributed by atoms with van der Waals surface area (Å²) in [5.41, 5.74) is 1.93. The molecule has 27 heavy (non-hydrogen) atoms. The Balaban J connectivity index is 1.48. The average molecular weight is 371 g/mol. The Morgan fingerprint density at radius 2 is 2.00 bits per heavy atom. The molecule has 7 nitrogen and oxygen atoms in total. The Morgan fingerprint density at radius 3 is 2.74 bits per heavy atom. The predicted molar refractivity (Wildman–Crippen MR) is 101 cm³/mol. The smallest absolute Gasteiger partial charge is 0.267 e. The third-order valence-corrected chi connectivity index (χ3v) is 4.46. The molecule has 1 heterocycles. The number of fused-ring (bicyclic) bond motifs is 1. The van der Waals surface area contributed by atoms with Crippen LogP contribution in [0.3, 0.4) is 0 Å². The highest BCUT2D eigenvalue weighted by Crippen LogP contribution is 2.19. The number of nitrogens with one attached hydrogen (secondary N) is 1. The van der Waals surface area contributed by atoms with Crippen molar-refractivity contribution in [2.45, 2.75) is 45.8 Å². The van der Waals surface area contributed by atoms with Gasteiger partial charge in [0.25, 0.3) is 11.5 Å². The van der Waals surface area contributed by atoms with Crippen LogP contribution in [0.15, 0.2) is 35.1 Å². The van der Waals surface area contributed by atoms with Gasteiger partial charge in [-0.15, -0.1) is 0 Å². The monoisotopic (exact) mass is 371 g/mol. The Morgan fingerprint density at radius 1 is 1.26 bits per heavy atom. The van der Waals surface area contributed by atoms with Crippen LogP contribution in [-0.4, -0.2) is 34.9 Å². The highest BCUT2D eigenvalue weighted by molar-refractivity contribution is 5.80. The number of rotatable bonds is 8. The molecule has 2 aromatic rings. The lowest BCUT2D eigenvalue weighted by Crippen LogP contribution is -2.39. The summed E-state index contributed by atoms with van der Waals surface area (Å²) < 4.78 is 12.4. The first-order chi connectivity index (χ1) is 13.1. The molecule has 1 unspecified atom stereocenters. The number of amides is 1. The number of aryl methyl sites for hydroxylation is 2. The van der Waals surface area contributed by atoms with Crippen LogP contribution in [0.25, 0.3) is 0 Å². The number of hydrogen-bond donors (Lipinski definition) is 1. The molecule has 0 fully saturated rings. The largest absolute Gasteiger partial charge is 0.494 e. The van der Waals surface area contributed by atoms with Crippen LogP contribution in [-0.2, 0) is 24.2 Å². The molecule has 1 aromatic heterocycles. The van der Waals surface area contributed by atoms with Crippen LogP contribution in [0.5, 0.6) is 11.5 Å². The van der Waals surface area contributed by atoms with Crippen molar-refractivity contribution in [3.05, 3.63) is 51.9 Å². The maximum absolute atomic E-state index is 12.2. The van der Waals surface area contributed by atoms with E-state index in [0.717, 1.165) is 36.3 Å². The van der Waals surface area contributed by atoms with Crippen molar-refractivity contribution in [2.75, 3.05) is 13.2 Å². The Hall–Kier alpha value is -2.83. The number of hydrogen-bond acceptors (Lipinski definition) is 5. The van der Waals surface area contributed by atoms with E-state index in [4.69, 9.17) is 9.47 Å². The molecule has 1 N–H and O–H groups in total. The second-order valence-electron chi connectivity index (χ2n) is 6.49. The zero-order valence-electron chi connectivity index (χ0n) is 15.7. The highest BCUT2D eigenvalue weighted by Gasteiger charge is 2.16. The predicted octanol–water partition coefficient (Wildman–Crippen LogP) is 1.71. The third-order valence-electron chi connectivity index (χ3n) is 4.46. The van der Waals surface area contributed by atoms with Gasteiger partial charge in [-0.1, -0.05) is 0 Å². The summed E-state index contributed by atoms with van der Waals surface area (Å²) in [7, 11) is 0. The molecule has 0 aliphatic heterocycles. The van der Waals surface area contributed by atoms with Gasteiger partial charge >= 0.3 is 0 Å². The van der Waals surface area contributed by atoms with E-state index < -0.39 is 6.10 Å². The van der Waals surface area contributed by atoms with E-state index in [-0.39, 0.29) is 11.5 Å². The van der Waals surface area contributed by atoms with Gasteiger partial charge in [-0.2, -0.15) is 5.10 Å². The zero-order valence-corrected chi connectivity index (χ0v) is 15.7. The summed E-state index contributed by atoms with van der Waals surface area (Å²) in [4.78, 5) is 24.3. The molecule has 0 saturated carbocycles. The summed E-state index contributed by atoms with van der Waals surface area (Å²) in [5.74, 6) is 1.12. The number of benzene rings is 1. The van der Waals surface area contributed by atoms with Crippen molar-refractivity contribution in [3.63, 3.8) is 0 Å². The molecule has 0 bridgehead atoms. The summed E-state index contributed by atoms with van der Waals surface area (Å²) in [6.07, 6.45) is 2.24. The molecule has 0 saturated heterocycles. The molecule has 1 aromatic carbocycles. The van der Waals surface area contributed by atoms with Crippen LogP contribution in [0, 0.1) is 0 Å². The lowest BCUT2D eigenvalue weighted by molar-refractivity contribution is -0.127. The minimum absolute atomic E-state index is 0.122. The van der Waals surface area contributed by atoms with E-state index in [9.17, 15) is 9.59 Å². The van der Waals surface area contributed by atoms with Crippen molar-refractivity contribution in [1.29, 1.82) is 0 Å². The molecular weight excluding hydrogens is 346 g/mol. The molecule has 7 heteroatoms. The van der Waals surface area contributed by atoms with Crippen molar-refractivity contribution in [2.24, 2.45) is 0 Å². The van der Waals surface area contributed by atoms with Gasteiger partial charge in [0, 0.05) is 12.6 Å². The van der Waals surface area contributed by atoms with Crippen LogP contribution < -0.4 is 20.3 Å². The summed E-state index contributed by atoms with van der Waals surface area (Å²) in [6.45, 7) is 4.87. The number of nitrogens with zero attached hydrogens (tertiary/aromatic N) is 2. The second kappa shape index (κ2) is 8.70. The number of aromatic nitrogens is 2. The lowest BCUT2D eigenvalue weighted by Gasteiger charge is -2.15. The van der Waals surface area contributed by atoms with Crippen molar-refractivity contribution >= 4 is 5.91 Å². The Bertz CT molecular complexity index is 845. The minimum Gasteiger partial charge on any atom is -0.494 e. The van der Waals surface area contributed by atoms with Crippen molar-refractivity contribution in [3.8, 4) is 11.5 Å². The third kappa shape index (κ3) is 4.87. The van der Waals surface area contributed by atoms with Crippen LogP contribution >= 0.6 is 0 Å². The van der Waals surface area contributed by atoms with E-state index in [1.54, 1.807) is 37.3 Å². The fraction of sp³-hybridized carbons (Fsp3) is 0.450. The van der Waals surface area contributed by atoms with Gasteiger partial charge < -0.3 is 14.8 Å². The van der Waals surface area contributed by atoms with Gasteiger partial charge in [0.1, 0.15) is 11.5 Å². The number of ether oxygens (including phenoxy) is 2. The topological polar surface area (TPSA) is 82.4 Å². The van der Waals surface area contributed by atoms with Crippen LogP contribution in [0.4, 0.5) is 0 Å². The van der Waals surface area contributed by atoms with Gasteiger partial charge in [-0.25, -0.2) is 4.68 Å². The minimum atomic E-state index is -0.646. The molecule has 144 valence electrons. The van der Waals surface area contributed by atoms with E-state index in [1.165, 1.54) is 4.68 Å². The zero-order chi connectivity index (χ0) is 19.2. The van der Waals surface area contributed by atoms with Gasteiger partial charge in [0.15, 0.2) is 6.10 Å². The first-order valence-electron chi connectivity index (χ1n) is 9.34. The molecular formula is C20H25N3O4. The summed E-state index contributed by atoms with van der Waals surface area (Å²) >= 11 is 0. The quantitative estimate of drug-likeness (QED) is 0.764. The number of carbonyl (C=O) groups excluding carboxylic acids is 1. The normalized spacial score (nSPS) is 13.7. The molecule has 1 aliphatic rings. The fourth-order valence-electron chi connectivity index (χ4n) is 3.07. The van der Waals surface area contributed by atoms with Crippen LogP contribution in [0.1, 0.15) is 31.5 Å². The van der Waals surface area contributed by atoms with E-state index in [0.29, 0.717) is 25.4 Å². The molecule has 1 aliphatic carbocycles. The molecule has 1 atom stereocenters. The average Bonchev–Trinajstić information content (AvgIpc) is 3.10. The van der Waals surface area contributed by atoms with Gasteiger partial charge in [0.2, 0.25) is 0 Å². The first-order valence-corrected chi connectivity index (χ1v) is 9.34. The maximum Gasteiger partial charge on any atom is 0.267 e. The van der Waals surface area contributed by atoms with Crippen molar-refractivity contribution < 1.29 is 14.3 Å². The molecule has 0 radical (unpaired) electrons. The fourth-order valence-corrected chi connectivity index (χ4v) is 3.07. The van der Waals surface area contributed by atoms with E-state index >= 15 is 0 Å². The molecule has 0 spiro atoms. The number of carbonyl (C=O) groups is 1. The Labute approximate surface area is 158 Å². The molecule has 3 rings (SSSR count). The van der Waals surface area contributed by atoms with Gasteiger partial charge in [-0.05, 0) is 62.9 Å². The van der Waals surface area contributed by atoms with Crippen LogP contribution in [0.2, 0.25) is 0 Å². The second-order valence-corrected chi connectivity index (χ2v) is 6.49. The Kier molecular flexibility index (Phi) is 6.11. The lowest BCUT2D eigenvalue weighted by atomic mass is 10.2. The van der Waals surface area contributed by atoms with E-state index in [2.05, 4.69) is 10.4 Å². The SMILES string of the molecule is CCOc1ccc(OC(C)C(=O)NCCn2nc3c(cc2=O)CCC3)cc1.